The van der Waals surface area contributed by atoms with Gasteiger partial charge in [-0.05, 0) is 6.07 Å². The van der Waals surface area contributed by atoms with Crippen LogP contribution >= 0.6 is 0 Å². The molecular formula is C15H10N2O2. The molecule has 4 heteroatoms. The summed E-state index contributed by atoms with van der Waals surface area (Å²) in [6.45, 7) is 0. The molecule has 1 heterocycles. The Morgan fingerprint density at radius 2 is 1.63 bits per heavy atom. The van der Waals surface area contributed by atoms with E-state index < -0.39 is 5.56 Å². The summed E-state index contributed by atoms with van der Waals surface area (Å²) < 4.78 is 0. The average Bonchev–Trinajstić information content (AvgIpc) is 2.47. The van der Waals surface area contributed by atoms with Gasteiger partial charge in [0.05, 0.1) is 11.1 Å². The Bertz CT molecular complexity index is 807. The minimum absolute atomic E-state index is 0.136. The molecule has 0 radical (unpaired) electrons. The summed E-state index contributed by atoms with van der Waals surface area (Å²) in [6, 6.07) is 15.8. The van der Waals surface area contributed by atoms with Crippen LogP contribution in [0.3, 0.4) is 0 Å². The van der Waals surface area contributed by atoms with E-state index in [4.69, 9.17) is 0 Å². The molecule has 0 saturated carbocycles. The van der Waals surface area contributed by atoms with Gasteiger partial charge >= 0.3 is 0 Å². The van der Waals surface area contributed by atoms with E-state index in [1.807, 2.05) is 12.1 Å². The van der Waals surface area contributed by atoms with Crippen molar-refractivity contribution < 1.29 is 4.79 Å². The molecule has 0 aliphatic carbocycles. The number of hydrogen-bond donors (Lipinski definition) is 1. The first kappa shape index (κ1) is 11.3. The summed E-state index contributed by atoms with van der Waals surface area (Å²) in [6.07, 6.45) is 0. The van der Waals surface area contributed by atoms with Crippen LogP contribution in [0, 0.1) is 0 Å². The Hall–Kier alpha value is -2.75. The molecule has 4 nitrogen and oxygen atoms in total. The standard InChI is InChI=1S/C15H10N2O2/c18-14(10-6-2-1-3-7-10)13-11-8-4-5-9-12(11)16-17-15(13)19/h1-9H,(H,17,19). The largest absolute Gasteiger partial charge is 0.288 e. The van der Waals surface area contributed by atoms with Gasteiger partial charge in [-0.1, -0.05) is 48.5 Å². The van der Waals surface area contributed by atoms with Gasteiger partial charge < -0.3 is 0 Å². The summed E-state index contributed by atoms with van der Waals surface area (Å²) in [5.74, 6) is -0.291. The molecule has 92 valence electrons. The molecule has 3 rings (SSSR count). The number of carbonyl (C=O) groups is 1. The summed E-state index contributed by atoms with van der Waals surface area (Å²) >= 11 is 0. The topological polar surface area (TPSA) is 62.8 Å². The van der Waals surface area contributed by atoms with E-state index in [0.717, 1.165) is 0 Å². The Balaban J connectivity index is 2.28. The number of benzene rings is 2. The number of aromatic amines is 1. The Morgan fingerprint density at radius 3 is 2.42 bits per heavy atom. The fraction of sp³-hybridized carbons (Fsp3) is 0. The van der Waals surface area contributed by atoms with Crippen LogP contribution in [0.4, 0.5) is 0 Å². The fourth-order valence-electron chi connectivity index (χ4n) is 2.03. The Labute approximate surface area is 108 Å². The first-order chi connectivity index (χ1) is 9.27. The van der Waals surface area contributed by atoms with Gasteiger partial charge in [0.1, 0.15) is 0 Å². The van der Waals surface area contributed by atoms with Gasteiger partial charge in [-0.3, -0.25) is 9.59 Å². The fourth-order valence-corrected chi connectivity index (χ4v) is 2.03. The molecule has 1 N–H and O–H groups in total. The van der Waals surface area contributed by atoms with Crippen molar-refractivity contribution in [1.29, 1.82) is 0 Å². The van der Waals surface area contributed by atoms with Crippen molar-refractivity contribution in [2.45, 2.75) is 0 Å². The van der Waals surface area contributed by atoms with Crippen LogP contribution in [0.2, 0.25) is 0 Å². The molecule has 2 aromatic carbocycles. The van der Waals surface area contributed by atoms with E-state index >= 15 is 0 Å². The first-order valence-corrected chi connectivity index (χ1v) is 5.84. The number of para-hydroxylation sites is 1. The highest BCUT2D eigenvalue weighted by molar-refractivity contribution is 6.15. The van der Waals surface area contributed by atoms with Crippen molar-refractivity contribution >= 4 is 16.7 Å². The van der Waals surface area contributed by atoms with Crippen molar-refractivity contribution in [2.24, 2.45) is 0 Å². The van der Waals surface area contributed by atoms with E-state index in [1.165, 1.54) is 0 Å². The molecule has 0 fully saturated rings. The zero-order chi connectivity index (χ0) is 13.2. The molecule has 3 aromatic rings. The maximum Gasteiger partial charge on any atom is 0.276 e. The number of nitrogens with one attached hydrogen (secondary N) is 1. The lowest BCUT2D eigenvalue weighted by molar-refractivity contribution is 0.103. The van der Waals surface area contributed by atoms with Gasteiger partial charge in [-0.25, -0.2) is 5.10 Å². The molecule has 0 saturated heterocycles. The summed E-state index contributed by atoms with van der Waals surface area (Å²) in [5, 5.41) is 6.86. The summed E-state index contributed by atoms with van der Waals surface area (Å²) in [7, 11) is 0. The molecule has 0 spiro atoms. The third-order valence-electron chi connectivity index (χ3n) is 2.94. The minimum atomic E-state index is -0.465. The van der Waals surface area contributed by atoms with Crippen molar-refractivity contribution in [3.05, 3.63) is 76.1 Å². The van der Waals surface area contributed by atoms with E-state index in [1.54, 1.807) is 42.5 Å². The Morgan fingerprint density at radius 1 is 0.947 bits per heavy atom. The molecule has 0 atom stereocenters. The number of H-pyrrole nitrogens is 1. The lowest BCUT2D eigenvalue weighted by Crippen LogP contribution is -2.20. The summed E-state index contributed by atoms with van der Waals surface area (Å²) in [4.78, 5) is 24.3. The second-order valence-corrected chi connectivity index (χ2v) is 4.14. The van der Waals surface area contributed by atoms with E-state index in [0.29, 0.717) is 16.5 Å². The molecule has 1 aromatic heterocycles. The minimum Gasteiger partial charge on any atom is -0.288 e. The van der Waals surface area contributed by atoms with E-state index in [-0.39, 0.29) is 11.3 Å². The monoisotopic (exact) mass is 250 g/mol. The predicted octanol–water partition coefficient (Wildman–Crippen LogP) is 2.15. The third-order valence-corrected chi connectivity index (χ3v) is 2.94. The van der Waals surface area contributed by atoms with Crippen LogP contribution in [0.25, 0.3) is 10.9 Å². The first-order valence-electron chi connectivity index (χ1n) is 5.84. The lowest BCUT2D eigenvalue weighted by Gasteiger charge is -2.03. The molecule has 0 amide bonds. The second-order valence-electron chi connectivity index (χ2n) is 4.14. The lowest BCUT2D eigenvalue weighted by atomic mass is 10.0. The smallest absolute Gasteiger partial charge is 0.276 e. The highest BCUT2D eigenvalue weighted by Crippen LogP contribution is 2.15. The number of aromatic nitrogens is 2. The van der Waals surface area contributed by atoms with E-state index in [2.05, 4.69) is 10.2 Å². The van der Waals surface area contributed by atoms with Crippen LogP contribution in [-0.4, -0.2) is 16.0 Å². The third kappa shape index (κ3) is 1.93. The second kappa shape index (κ2) is 4.49. The number of carbonyl (C=O) groups excluding carboxylic acids is 1. The van der Waals surface area contributed by atoms with Crippen molar-refractivity contribution in [2.75, 3.05) is 0 Å². The van der Waals surface area contributed by atoms with Gasteiger partial charge in [0.2, 0.25) is 0 Å². The average molecular weight is 250 g/mol. The molecule has 0 unspecified atom stereocenters. The number of nitrogens with zero attached hydrogens (tertiary/aromatic N) is 1. The normalized spacial score (nSPS) is 10.5. The highest BCUT2D eigenvalue weighted by Gasteiger charge is 2.16. The number of hydrogen-bond acceptors (Lipinski definition) is 3. The van der Waals surface area contributed by atoms with Gasteiger partial charge in [0.15, 0.2) is 5.78 Å². The van der Waals surface area contributed by atoms with Crippen molar-refractivity contribution in [3.63, 3.8) is 0 Å². The summed E-state index contributed by atoms with van der Waals surface area (Å²) in [5.41, 5.74) is 0.759. The zero-order valence-corrected chi connectivity index (χ0v) is 9.96. The van der Waals surface area contributed by atoms with Crippen molar-refractivity contribution in [1.82, 2.24) is 10.2 Å². The molecular weight excluding hydrogens is 240 g/mol. The molecule has 0 aliphatic rings. The van der Waals surface area contributed by atoms with Gasteiger partial charge in [-0.15, -0.1) is 0 Å². The van der Waals surface area contributed by atoms with Crippen LogP contribution in [0.1, 0.15) is 15.9 Å². The zero-order valence-electron chi connectivity index (χ0n) is 9.96. The highest BCUT2D eigenvalue weighted by atomic mass is 16.1. The van der Waals surface area contributed by atoms with Gasteiger partial charge in [0, 0.05) is 10.9 Å². The quantitative estimate of drug-likeness (QED) is 0.709. The predicted molar refractivity (Wildman–Crippen MR) is 72.2 cm³/mol. The molecule has 19 heavy (non-hydrogen) atoms. The Kier molecular flexibility index (Phi) is 2.68. The van der Waals surface area contributed by atoms with Crippen LogP contribution in [0.5, 0.6) is 0 Å². The van der Waals surface area contributed by atoms with Crippen molar-refractivity contribution in [3.8, 4) is 0 Å². The van der Waals surface area contributed by atoms with Gasteiger partial charge in [-0.2, -0.15) is 5.10 Å². The van der Waals surface area contributed by atoms with E-state index in [9.17, 15) is 9.59 Å². The van der Waals surface area contributed by atoms with Crippen LogP contribution in [-0.2, 0) is 0 Å². The SMILES string of the molecule is O=C(c1ccccc1)c1c(=O)[nH]nc2ccccc12. The van der Waals surface area contributed by atoms with Crippen LogP contribution in [0.15, 0.2) is 59.4 Å². The van der Waals surface area contributed by atoms with Gasteiger partial charge in [0.25, 0.3) is 5.56 Å². The maximum absolute atomic E-state index is 12.4. The maximum atomic E-state index is 12.4. The van der Waals surface area contributed by atoms with Crippen LogP contribution < -0.4 is 5.56 Å². The number of ketones is 1. The number of rotatable bonds is 2. The number of fused-ring (bicyclic) bond motifs is 1. The molecule has 0 aliphatic heterocycles. The molecule has 0 bridgehead atoms.